The fourth-order valence-electron chi connectivity index (χ4n) is 0. The number of hydrogen-bond donors (Lipinski definition) is 1. The zero-order valence-electron chi connectivity index (χ0n) is 3.07. The second-order valence-electron chi connectivity index (χ2n) is 0.606. The first kappa shape index (κ1) is 9.34. The Morgan fingerprint density at radius 1 is 1.83 bits per heavy atom. The topological polar surface area (TPSA) is 43.1 Å². The van der Waals surface area contributed by atoms with E-state index in [0.717, 1.165) is 6.08 Å². The van der Waals surface area contributed by atoms with Crippen LogP contribution in [-0.2, 0) is 27.2 Å². The van der Waals surface area contributed by atoms with Gasteiger partial charge in [0.25, 0.3) is 0 Å². The van der Waals surface area contributed by atoms with Gasteiger partial charge in [0.15, 0.2) is 0 Å². The van der Waals surface area contributed by atoms with Crippen LogP contribution in [0, 0.1) is 0 Å². The molecule has 0 spiro atoms. The van der Waals surface area contributed by atoms with E-state index in [9.17, 15) is 4.79 Å². The molecule has 2 nitrogen and oxygen atoms in total. The normalized spacial score (nSPS) is 5.33. The molecule has 2 N–H and O–H groups in total. The fraction of sp³-hybridized carbons (Fsp3) is 0. The van der Waals surface area contributed by atoms with E-state index in [1.54, 1.807) is 0 Å². The van der Waals surface area contributed by atoms with Crippen molar-refractivity contribution in [1.29, 1.82) is 0 Å². The molecule has 0 aliphatic heterocycles. The van der Waals surface area contributed by atoms with E-state index >= 15 is 0 Å². The van der Waals surface area contributed by atoms with Gasteiger partial charge >= 0.3 is 0 Å². The Morgan fingerprint density at radius 2 is 2.00 bits per heavy atom. The minimum absolute atomic E-state index is 0. The summed E-state index contributed by atoms with van der Waals surface area (Å²) in [5, 5.41) is 0. The number of hydrogen-bond acceptors (Lipinski definition) is 1. The zero-order valence-corrected chi connectivity index (χ0v) is 4.55. The van der Waals surface area contributed by atoms with Crippen molar-refractivity contribution < 1.29 is 27.2 Å². The first-order chi connectivity index (χ1) is 2.27. The molecule has 3 heteroatoms. The van der Waals surface area contributed by atoms with Crippen LogP contribution >= 0.6 is 0 Å². The molecule has 0 heterocycles. The number of amides is 1. The minimum Gasteiger partial charge on any atom is -0.366 e. The van der Waals surface area contributed by atoms with Gasteiger partial charge < -0.3 is 5.73 Å². The smallest absolute Gasteiger partial charge is 0.240 e. The van der Waals surface area contributed by atoms with Gasteiger partial charge in [-0.15, -0.1) is 0 Å². The van der Waals surface area contributed by atoms with E-state index in [1.807, 2.05) is 0 Å². The molecule has 0 unspecified atom stereocenters. The molecule has 0 fully saturated rings. The molecular formula is C3H5AgNO. The third-order valence-electron chi connectivity index (χ3n) is 0.201. The zero-order chi connectivity index (χ0) is 4.28. The number of primary amides is 1. The summed E-state index contributed by atoms with van der Waals surface area (Å²) in [6.07, 6.45) is 1.06. The molecule has 1 radical (unpaired) electrons. The van der Waals surface area contributed by atoms with Gasteiger partial charge in [0.1, 0.15) is 0 Å². The summed E-state index contributed by atoms with van der Waals surface area (Å²) < 4.78 is 0. The molecule has 0 aliphatic rings. The number of rotatable bonds is 1. The first-order valence-electron chi connectivity index (χ1n) is 1.19. The predicted octanol–water partition coefficient (Wildman–Crippen LogP) is -0.345. The van der Waals surface area contributed by atoms with E-state index in [2.05, 4.69) is 12.3 Å². The third kappa shape index (κ3) is 9.04. The molecule has 6 heavy (non-hydrogen) atoms. The summed E-state index contributed by atoms with van der Waals surface area (Å²) in [5.74, 6) is -0.481. The molecule has 0 aliphatic carbocycles. The largest absolute Gasteiger partial charge is 0.366 e. The van der Waals surface area contributed by atoms with Gasteiger partial charge in [0.2, 0.25) is 5.91 Å². The average molecular weight is 179 g/mol. The molecule has 0 aromatic heterocycles. The Morgan fingerprint density at radius 3 is 2.00 bits per heavy atom. The minimum atomic E-state index is -0.481. The number of nitrogens with two attached hydrogens (primary N) is 1. The van der Waals surface area contributed by atoms with Crippen molar-refractivity contribution in [2.75, 3.05) is 0 Å². The van der Waals surface area contributed by atoms with E-state index in [4.69, 9.17) is 0 Å². The standard InChI is InChI=1S/C3H5NO.Ag/c1-2-3(4)5;/h2H,1H2,(H2,4,5);. The Labute approximate surface area is 51.9 Å². The summed E-state index contributed by atoms with van der Waals surface area (Å²) in [4.78, 5) is 9.47. The van der Waals surface area contributed by atoms with Crippen LogP contribution in [0.1, 0.15) is 0 Å². The molecular weight excluding hydrogens is 174 g/mol. The monoisotopic (exact) mass is 178 g/mol. The van der Waals surface area contributed by atoms with Crippen molar-refractivity contribution in [2.45, 2.75) is 0 Å². The summed E-state index contributed by atoms with van der Waals surface area (Å²) >= 11 is 0. The molecule has 39 valence electrons. The van der Waals surface area contributed by atoms with Gasteiger partial charge in [-0.1, -0.05) is 6.58 Å². The summed E-state index contributed by atoms with van der Waals surface area (Å²) in [6, 6.07) is 0. The van der Waals surface area contributed by atoms with Gasteiger partial charge in [-0.25, -0.2) is 0 Å². The molecule has 0 aromatic carbocycles. The van der Waals surface area contributed by atoms with E-state index in [0.29, 0.717) is 0 Å². The van der Waals surface area contributed by atoms with Crippen molar-refractivity contribution in [3.05, 3.63) is 12.7 Å². The number of carbonyl (C=O) groups is 1. The Hall–Kier alpha value is -0.0497. The van der Waals surface area contributed by atoms with Gasteiger partial charge in [0, 0.05) is 22.4 Å². The fourth-order valence-corrected chi connectivity index (χ4v) is 0. The molecule has 0 bridgehead atoms. The van der Waals surface area contributed by atoms with Crippen LogP contribution in [0.25, 0.3) is 0 Å². The van der Waals surface area contributed by atoms with E-state index < -0.39 is 5.91 Å². The van der Waals surface area contributed by atoms with Gasteiger partial charge in [-0.3, -0.25) is 4.79 Å². The molecule has 0 saturated heterocycles. The van der Waals surface area contributed by atoms with Crippen LogP contribution in [0.3, 0.4) is 0 Å². The first-order valence-corrected chi connectivity index (χ1v) is 1.19. The Bertz CT molecular complexity index is 61.8. The summed E-state index contributed by atoms with van der Waals surface area (Å²) in [7, 11) is 0. The number of carbonyl (C=O) groups excluding carboxylic acids is 1. The molecule has 1 amide bonds. The van der Waals surface area contributed by atoms with Crippen molar-refractivity contribution in [3.63, 3.8) is 0 Å². The molecule has 0 aromatic rings. The Balaban J connectivity index is 0. The summed E-state index contributed by atoms with van der Waals surface area (Å²) in [6.45, 7) is 3.09. The predicted molar refractivity (Wildman–Crippen MR) is 19.4 cm³/mol. The van der Waals surface area contributed by atoms with Crippen LogP contribution in [0.2, 0.25) is 0 Å². The maximum Gasteiger partial charge on any atom is 0.240 e. The van der Waals surface area contributed by atoms with E-state index in [-0.39, 0.29) is 22.4 Å². The summed E-state index contributed by atoms with van der Waals surface area (Å²) in [5.41, 5.74) is 4.53. The SMILES string of the molecule is C=CC(N)=O.[Ag]. The van der Waals surface area contributed by atoms with Crippen LogP contribution < -0.4 is 5.73 Å². The van der Waals surface area contributed by atoms with Crippen LogP contribution in [-0.4, -0.2) is 5.91 Å². The Kier molecular flexibility index (Phi) is 7.71. The molecule has 0 atom stereocenters. The van der Waals surface area contributed by atoms with Gasteiger partial charge in [0.05, 0.1) is 0 Å². The van der Waals surface area contributed by atoms with Gasteiger partial charge in [-0.2, -0.15) is 0 Å². The maximum atomic E-state index is 9.47. The van der Waals surface area contributed by atoms with Crippen molar-refractivity contribution in [3.8, 4) is 0 Å². The van der Waals surface area contributed by atoms with Crippen molar-refractivity contribution in [1.82, 2.24) is 0 Å². The van der Waals surface area contributed by atoms with Crippen molar-refractivity contribution in [2.24, 2.45) is 5.73 Å². The van der Waals surface area contributed by atoms with Crippen LogP contribution in [0.5, 0.6) is 0 Å². The average Bonchev–Trinajstić information content (AvgIpc) is 1.38. The van der Waals surface area contributed by atoms with Gasteiger partial charge in [-0.05, 0) is 6.08 Å². The second kappa shape index (κ2) is 4.95. The second-order valence-corrected chi connectivity index (χ2v) is 0.606. The van der Waals surface area contributed by atoms with Crippen LogP contribution in [0.4, 0.5) is 0 Å². The quantitative estimate of drug-likeness (QED) is 0.434. The maximum absolute atomic E-state index is 9.47. The van der Waals surface area contributed by atoms with Crippen LogP contribution in [0.15, 0.2) is 12.7 Å². The third-order valence-corrected chi connectivity index (χ3v) is 0.201. The van der Waals surface area contributed by atoms with Crippen molar-refractivity contribution >= 4 is 5.91 Å². The van der Waals surface area contributed by atoms with E-state index in [1.165, 1.54) is 0 Å². The molecule has 0 saturated carbocycles. The molecule has 0 rings (SSSR count).